The predicted molar refractivity (Wildman–Crippen MR) is 85.6 cm³/mol. The van der Waals surface area contributed by atoms with E-state index in [1.54, 1.807) is 13.2 Å². The lowest BCUT2D eigenvalue weighted by Crippen LogP contribution is -2.15. The molecule has 0 spiro atoms. The van der Waals surface area contributed by atoms with Gasteiger partial charge in [0.1, 0.15) is 17.1 Å². The van der Waals surface area contributed by atoms with Crippen molar-refractivity contribution < 1.29 is 9.53 Å². The average Bonchev–Trinajstić information content (AvgIpc) is 2.85. The highest BCUT2D eigenvalue weighted by atomic mass is 16.5. The first-order valence-electron chi connectivity index (χ1n) is 7.00. The minimum atomic E-state index is -0.191. The van der Waals surface area contributed by atoms with E-state index in [4.69, 9.17) is 4.74 Å². The largest absolute Gasteiger partial charge is 0.497 e. The van der Waals surface area contributed by atoms with E-state index in [0.29, 0.717) is 22.8 Å². The molecule has 0 saturated heterocycles. The Bertz CT molecular complexity index is 852. The van der Waals surface area contributed by atoms with Crippen LogP contribution in [0.2, 0.25) is 0 Å². The van der Waals surface area contributed by atoms with Gasteiger partial charge in [-0.1, -0.05) is 12.1 Å². The normalized spacial score (nSPS) is 10.7. The molecule has 5 heteroatoms. The van der Waals surface area contributed by atoms with Gasteiger partial charge in [0.25, 0.3) is 5.91 Å². The van der Waals surface area contributed by atoms with Crippen LogP contribution in [0.5, 0.6) is 5.75 Å². The minimum absolute atomic E-state index is 0.191. The Hall–Kier alpha value is -2.82. The highest BCUT2D eigenvalue weighted by Gasteiger charge is 2.17. The van der Waals surface area contributed by atoms with Crippen LogP contribution >= 0.6 is 0 Å². The third-order valence-electron chi connectivity index (χ3n) is 3.56. The van der Waals surface area contributed by atoms with Gasteiger partial charge in [0.05, 0.1) is 12.8 Å². The van der Waals surface area contributed by atoms with E-state index in [0.717, 1.165) is 11.2 Å². The van der Waals surface area contributed by atoms with Crippen LogP contribution in [0.3, 0.4) is 0 Å². The molecule has 0 fully saturated rings. The minimum Gasteiger partial charge on any atom is -0.497 e. The van der Waals surface area contributed by atoms with Gasteiger partial charge in [-0.05, 0) is 37.6 Å². The molecule has 0 saturated carbocycles. The molecule has 2 aromatic heterocycles. The molecule has 0 aliphatic heterocycles. The smallest absolute Gasteiger partial charge is 0.274 e. The Labute approximate surface area is 128 Å². The summed E-state index contributed by atoms with van der Waals surface area (Å²) in [4.78, 5) is 17.1. The number of rotatable bonds is 3. The fourth-order valence-corrected chi connectivity index (χ4v) is 2.48. The molecule has 0 unspecified atom stereocenters. The van der Waals surface area contributed by atoms with Gasteiger partial charge < -0.3 is 10.1 Å². The number of imidazole rings is 1. The molecule has 5 nitrogen and oxygen atoms in total. The third kappa shape index (κ3) is 2.41. The number of carbonyl (C=O) groups is 1. The molecule has 22 heavy (non-hydrogen) atoms. The second-order valence-electron chi connectivity index (χ2n) is 5.12. The van der Waals surface area contributed by atoms with Gasteiger partial charge in [0.2, 0.25) is 0 Å². The molecule has 0 atom stereocenters. The number of aromatic nitrogens is 2. The number of methoxy groups -OCH3 is 1. The molecule has 0 aliphatic carbocycles. The van der Waals surface area contributed by atoms with Crippen LogP contribution in [0, 0.1) is 13.8 Å². The molecule has 1 N–H and O–H groups in total. The number of amides is 1. The van der Waals surface area contributed by atoms with Crippen molar-refractivity contribution in [2.75, 3.05) is 12.4 Å². The number of anilines is 1. The van der Waals surface area contributed by atoms with Gasteiger partial charge in [-0.25, -0.2) is 4.98 Å². The summed E-state index contributed by atoms with van der Waals surface area (Å²) in [5.41, 5.74) is 3.77. The molecule has 0 aliphatic rings. The molecule has 0 radical (unpaired) electrons. The van der Waals surface area contributed by atoms with E-state index >= 15 is 0 Å². The predicted octanol–water partition coefficient (Wildman–Crippen LogP) is 3.21. The summed E-state index contributed by atoms with van der Waals surface area (Å²) in [6.07, 6.45) is 1.85. The number of ether oxygens (including phenoxy) is 1. The fraction of sp³-hybridized carbons (Fsp3) is 0.176. The summed E-state index contributed by atoms with van der Waals surface area (Å²) in [5, 5.41) is 2.89. The zero-order chi connectivity index (χ0) is 15.7. The number of nitrogens with zero attached hydrogens (tertiary/aromatic N) is 2. The summed E-state index contributed by atoms with van der Waals surface area (Å²) >= 11 is 0. The first kappa shape index (κ1) is 14.1. The van der Waals surface area contributed by atoms with Crippen molar-refractivity contribution in [3.63, 3.8) is 0 Å². The zero-order valence-electron chi connectivity index (χ0n) is 12.8. The van der Waals surface area contributed by atoms with Gasteiger partial charge >= 0.3 is 0 Å². The lowest BCUT2D eigenvalue weighted by atomic mass is 10.2. The number of hydrogen-bond acceptors (Lipinski definition) is 3. The number of hydrogen-bond donors (Lipinski definition) is 1. The molecule has 1 amide bonds. The second-order valence-corrected chi connectivity index (χ2v) is 5.12. The van der Waals surface area contributed by atoms with Crippen LogP contribution in [0.4, 0.5) is 5.69 Å². The maximum Gasteiger partial charge on any atom is 0.274 e. The Balaban J connectivity index is 1.98. The molecule has 3 rings (SSSR count). The fourth-order valence-electron chi connectivity index (χ4n) is 2.48. The Morgan fingerprint density at radius 1 is 1.23 bits per heavy atom. The van der Waals surface area contributed by atoms with Crippen molar-refractivity contribution in [2.45, 2.75) is 13.8 Å². The average molecular weight is 295 g/mol. The number of aryl methyl sites for hydroxylation is 2. The van der Waals surface area contributed by atoms with E-state index in [1.807, 2.05) is 54.8 Å². The van der Waals surface area contributed by atoms with Crippen molar-refractivity contribution >= 4 is 17.2 Å². The maximum atomic E-state index is 12.6. The van der Waals surface area contributed by atoms with Crippen LogP contribution < -0.4 is 10.1 Å². The molecule has 1 aromatic carbocycles. The van der Waals surface area contributed by atoms with Crippen molar-refractivity contribution in [3.8, 4) is 5.75 Å². The topological polar surface area (TPSA) is 55.6 Å². The van der Waals surface area contributed by atoms with Crippen LogP contribution in [0.15, 0.2) is 42.6 Å². The number of fused-ring (bicyclic) bond motifs is 1. The quantitative estimate of drug-likeness (QED) is 0.807. The summed E-state index contributed by atoms with van der Waals surface area (Å²) in [6.45, 7) is 3.82. The van der Waals surface area contributed by atoms with Crippen LogP contribution in [-0.4, -0.2) is 22.4 Å². The first-order chi connectivity index (χ1) is 10.6. The van der Waals surface area contributed by atoms with Crippen LogP contribution in [0.25, 0.3) is 5.65 Å². The first-order valence-corrected chi connectivity index (χ1v) is 7.00. The number of carbonyl (C=O) groups excluding carboxylic acids is 1. The zero-order valence-corrected chi connectivity index (χ0v) is 12.8. The highest BCUT2D eigenvalue weighted by molar-refractivity contribution is 6.04. The van der Waals surface area contributed by atoms with Crippen LogP contribution in [-0.2, 0) is 0 Å². The summed E-state index contributed by atoms with van der Waals surface area (Å²) in [5.74, 6) is 0.507. The second kappa shape index (κ2) is 5.52. The lowest BCUT2D eigenvalue weighted by Gasteiger charge is -2.08. The number of benzene rings is 1. The van der Waals surface area contributed by atoms with E-state index in [2.05, 4.69) is 10.3 Å². The number of nitrogens with one attached hydrogen (secondary N) is 1. The maximum absolute atomic E-state index is 12.6. The third-order valence-corrected chi connectivity index (χ3v) is 3.56. The standard InChI is InChI=1S/C17H17N3O2/c1-11-6-5-9-20-15(12(2)18-16(11)20)17(21)19-13-7-4-8-14(10-13)22-3/h4-10H,1-3H3,(H,19,21). The Kier molecular flexibility index (Phi) is 3.55. The molecule has 112 valence electrons. The summed E-state index contributed by atoms with van der Waals surface area (Å²) in [7, 11) is 1.60. The molecular weight excluding hydrogens is 278 g/mol. The van der Waals surface area contributed by atoms with E-state index in [1.165, 1.54) is 0 Å². The monoisotopic (exact) mass is 295 g/mol. The van der Waals surface area contributed by atoms with Crippen LogP contribution in [0.1, 0.15) is 21.7 Å². The van der Waals surface area contributed by atoms with Gasteiger partial charge in [-0.3, -0.25) is 9.20 Å². The van der Waals surface area contributed by atoms with Crippen molar-refractivity contribution in [2.24, 2.45) is 0 Å². The van der Waals surface area contributed by atoms with Crippen molar-refractivity contribution in [3.05, 3.63) is 59.5 Å². The Morgan fingerprint density at radius 3 is 2.82 bits per heavy atom. The lowest BCUT2D eigenvalue weighted by molar-refractivity contribution is 0.102. The van der Waals surface area contributed by atoms with Crippen molar-refractivity contribution in [1.29, 1.82) is 0 Å². The number of pyridine rings is 1. The van der Waals surface area contributed by atoms with Crippen molar-refractivity contribution in [1.82, 2.24) is 9.38 Å². The van der Waals surface area contributed by atoms with E-state index in [9.17, 15) is 4.79 Å². The van der Waals surface area contributed by atoms with E-state index < -0.39 is 0 Å². The highest BCUT2D eigenvalue weighted by Crippen LogP contribution is 2.20. The van der Waals surface area contributed by atoms with Gasteiger partial charge in [-0.2, -0.15) is 0 Å². The SMILES string of the molecule is COc1cccc(NC(=O)c2c(C)nc3c(C)cccn23)c1. The summed E-state index contributed by atoms with van der Waals surface area (Å²) in [6, 6.07) is 11.2. The molecular formula is C17H17N3O2. The van der Waals surface area contributed by atoms with E-state index in [-0.39, 0.29) is 5.91 Å². The van der Waals surface area contributed by atoms with Gasteiger partial charge in [0, 0.05) is 18.0 Å². The summed E-state index contributed by atoms with van der Waals surface area (Å²) < 4.78 is 6.99. The molecule has 0 bridgehead atoms. The van der Waals surface area contributed by atoms with Gasteiger partial charge in [0.15, 0.2) is 0 Å². The molecule has 3 aromatic rings. The Morgan fingerprint density at radius 2 is 2.05 bits per heavy atom. The molecule has 2 heterocycles. The van der Waals surface area contributed by atoms with Gasteiger partial charge in [-0.15, -0.1) is 0 Å².